The standard InChI is InChI=1S/C35H48N4/c1-10-16-28-24(11-2)27-17-13-14-20-29(27)39-33-30(38(9)34(39)35(28,8)12-3)21-36-32(37-33)31-25(22(4)5)18-15-19-26(31)23(6)7/h13-15,17-24,28,34H,10-12,16H2,1-9H3. The molecule has 5 rings (SSSR count). The van der Waals surface area contributed by atoms with Crippen LogP contribution in [-0.2, 0) is 0 Å². The largest absolute Gasteiger partial charge is 0.349 e. The summed E-state index contributed by atoms with van der Waals surface area (Å²) in [6.07, 6.45) is 7.01. The third-order valence-corrected chi connectivity index (χ3v) is 9.89. The Morgan fingerprint density at radius 1 is 0.897 bits per heavy atom. The second kappa shape index (κ2) is 10.6. The molecule has 2 aromatic carbocycles. The van der Waals surface area contributed by atoms with Crippen LogP contribution in [0.4, 0.5) is 17.2 Å². The van der Waals surface area contributed by atoms with Gasteiger partial charge in [-0.25, -0.2) is 9.97 Å². The van der Waals surface area contributed by atoms with Gasteiger partial charge in [0.05, 0.1) is 6.20 Å². The molecule has 39 heavy (non-hydrogen) atoms. The molecule has 208 valence electrons. The Hall–Kier alpha value is -2.88. The van der Waals surface area contributed by atoms with Crippen LogP contribution in [0.15, 0.2) is 48.7 Å². The SMILES string of the molecule is CCCC1C(CC)c2ccccc2N2c3nc(-c4c(C(C)C)cccc4C(C)C)ncc3N(C)C2C1(C)CC. The normalized spacial score (nSPS) is 24.1. The van der Waals surface area contributed by atoms with Crippen molar-refractivity contribution in [2.75, 3.05) is 16.8 Å². The third kappa shape index (κ3) is 4.26. The Morgan fingerprint density at radius 2 is 1.56 bits per heavy atom. The summed E-state index contributed by atoms with van der Waals surface area (Å²) in [4.78, 5) is 15.6. The van der Waals surface area contributed by atoms with Gasteiger partial charge in [0.2, 0.25) is 0 Å². The summed E-state index contributed by atoms with van der Waals surface area (Å²) in [5.74, 6) is 3.82. The van der Waals surface area contributed by atoms with Gasteiger partial charge in [-0.05, 0) is 65.7 Å². The zero-order valence-corrected chi connectivity index (χ0v) is 25.6. The first-order valence-corrected chi connectivity index (χ1v) is 15.3. The molecule has 3 heterocycles. The minimum absolute atomic E-state index is 0.0876. The number of hydrogen-bond donors (Lipinski definition) is 0. The summed E-state index contributed by atoms with van der Waals surface area (Å²) >= 11 is 0. The number of para-hydroxylation sites is 1. The monoisotopic (exact) mass is 524 g/mol. The molecule has 0 N–H and O–H groups in total. The van der Waals surface area contributed by atoms with Crippen LogP contribution in [0.2, 0.25) is 0 Å². The van der Waals surface area contributed by atoms with Crippen molar-refractivity contribution in [3.8, 4) is 11.4 Å². The lowest BCUT2D eigenvalue weighted by atomic mass is 9.63. The number of rotatable bonds is 7. The highest BCUT2D eigenvalue weighted by Gasteiger charge is 2.54. The molecule has 2 aliphatic rings. The molecular formula is C35H48N4. The van der Waals surface area contributed by atoms with Gasteiger partial charge in [0, 0.05) is 23.7 Å². The number of nitrogens with zero attached hydrogens (tertiary/aromatic N) is 4. The summed E-state index contributed by atoms with van der Waals surface area (Å²) in [5.41, 5.74) is 7.89. The van der Waals surface area contributed by atoms with Gasteiger partial charge in [0.1, 0.15) is 11.9 Å². The Morgan fingerprint density at radius 3 is 2.15 bits per heavy atom. The van der Waals surface area contributed by atoms with Gasteiger partial charge < -0.3 is 9.80 Å². The summed E-state index contributed by atoms with van der Waals surface area (Å²) in [7, 11) is 2.26. The predicted molar refractivity (Wildman–Crippen MR) is 166 cm³/mol. The fourth-order valence-electron chi connectivity index (χ4n) is 7.81. The van der Waals surface area contributed by atoms with Crippen LogP contribution in [0.3, 0.4) is 0 Å². The molecule has 1 aromatic heterocycles. The van der Waals surface area contributed by atoms with Crippen molar-refractivity contribution in [1.29, 1.82) is 0 Å². The first-order valence-electron chi connectivity index (χ1n) is 15.3. The van der Waals surface area contributed by atoms with Crippen LogP contribution < -0.4 is 9.80 Å². The molecule has 0 amide bonds. The van der Waals surface area contributed by atoms with Crippen LogP contribution in [0.5, 0.6) is 0 Å². The number of aromatic nitrogens is 2. The number of hydrogen-bond acceptors (Lipinski definition) is 4. The van der Waals surface area contributed by atoms with Crippen molar-refractivity contribution in [3.05, 3.63) is 65.4 Å². The fourth-order valence-corrected chi connectivity index (χ4v) is 7.81. The summed E-state index contributed by atoms with van der Waals surface area (Å²) in [5, 5.41) is 0. The van der Waals surface area contributed by atoms with Gasteiger partial charge >= 0.3 is 0 Å². The van der Waals surface area contributed by atoms with Crippen LogP contribution >= 0.6 is 0 Å². The summed E-state index contributed by atoms with van der Waals surface area (Å²) < 4.78 is 0. The van der Waals surface area contributed by atoms with E-state index in [2.05, 4.69) is 121 Å². The highest BCUT2D eigenvalue weighted by Crippen LogP contribution is 2.59. The Kier molecular flexibility index (Phi) is 7.52. The molecule has 4 heteroatoms. The van der Waals surface area contributed by atoms with E-state index in [-0.39, 0.29) is 11.6 Å². The summed E-state index contributed by atoms with van der Waals surface area (Å²) in [6.45, 7) is 18.8. The van der Waals surface area contributed by atoms with Crippen LogP contribution in [0.25, 0.3) is 11.4 Å². The van der Waals surface area contributed by atoms with E-state index in [4.69, 9.17) is 9.97 Å². The van der Waals surface area contributed by atoms with Gasteiger partial charge in [0.15, 0.2) is 11.6 Å². The maximum Gasteiger partial charge on any atom is 0.162 e. The second-order valence-electron chi connectivity index (χ2n) is 12.7. The first-order chi connectivity index (χ1) is 18.7. The lowest BCUT2D eigenvalue weighted by Crippen LogP contribution is -2.53. The molecule has 0 radical (unpaired) electrons. The van der Waals surface area contributed by atoms with E-state index in [0.29, 0.717) is 23.7 Å². The van der Waals surface area contributed by atoms with Gasteiger partial charge in [-0.2, -0.15) is 0 Å². The minimum atomic E-state index is 0.0876. The van der Waals surface area contributed by atoms with Crippen LogP contribution in [0.1, 0.15) is 116 Å². The van der Waals surface area contributed by atoms with Crippen molar-refractivity contribution < 1.29 is 0 Å². The van der Waals surface area contributed by atoms with E-state index >= 15 is 0 Å². The van der Waals surface area contributed by atoms with E-state index < -0.39 is 0 Å². The molecule has 0 saturated heterocycles. The number of fused-ring (bicyclic) bond motifs is 5. The maximum absolute atomic E-state index is 5.48. The van der Waals surface area contributed by atoms with E-state index in [1.807, 2.05) is 0 Å². The summed E-state index contributed by atoms with van der Waals surface area (Å²) in [6, 6.07) is 15.9. The molecule has 4 nitrogen and oxygen atoms in total. The number of benzene rings is 2. The fraction of sp³-hybridized carbons (Fsp3) is 0.543. The van der Waals surface area contributed by atoms with Gasteiger partial charge in [-0.1, -0.05) is 98.2 Å². The lowest BCUT2D eigenvalue weighted by molar-refractivity contribution is 0.105. The molecule has 4 atom stereocenters. The van der Waals surface area contributed by atoms with Crippen molar-refractivity contribution in [2.45, 2.75) is 105 Å². The van der Waals surface area contributed by atoms with Crippen molar-refractivity contribution in [2.24, 2.45) is 11.3 Å². The predicted octanol–water partition coefficient (Wildman–Crippen LogP) is 9.64. The molecule has 0 fully saturated rings. The van der Waals surface area contributed by atoms with Crippen LogP contribution in [0, 0.1) is 11.3 Å². The zero-order valence-electron chi connectivity index (χ0n) is 25.6. The molecule has 0 saturated carbocycles. The van der Waals surface area contributed by atoms with E-state index in [1.165, 1.54) is 40.8 Å². The molecule has 0 spiro atoms. The highest BCUT2D eigenvalue weighted by atomic mass is 15.5. The van der Waals surface area contributed by atoms with Gasteiger partial charge in [0.25, 0.3) is 0 Å². The smallest absolute Gasteiger partial charge is 0.162 e. The molecule has 0 aliphatic carbocycles. The molecule has 4 unspecified atom stereocenters. The Labute approximate surface area is 236 Å². The first kappa shape index (κ1) is 27.7. The Balaban J connectivity index is 1.78. The van der Waals surface area contributed by atoms with E-state index in [9.17, 15) is 0 Å². The van der Waals surface area contributed by atoms with E-state index in [0.717, 1.165) is 30.2 Å². The second-order valence-corrected chi connectivity index (χ2v) is 12.7. The Bertz CT molecular complexity index is 1300. The average Bonchev–Trinajstić information content (AvgIpc) is 3.19. The van der Waals surface area contributed by atoms with Gasteiger partial charge in [-0.15, -0.1) is 0 Å². The minimum Gasteiger partial charge on any atom is -0.349 e. The number of anilines is 3. The van der Waals surface area contributed by atoms with Gasteiger partial charge in [-0.3, -0.25) is 0 Å². The quantitative estimate of drug-likeness (QED) is 0.308. The van der Waals surface area contributed by atoms with Crippen molar-refractivity contribution in [1.82, 2.24) is 9.97 Å². The van der Waals surface area contributed by atoms with Crippen molar-refractivity contribution in [3.63, 3.8) is 0 Å². The zero-order chi connectivity index (χ0) is 28.1. The molecule has 2 aliphatic heterocycles. The molecule has 3 aromatic rings. The molecular weight excluding hydrogens is 476 g/mol. The third-order valence-electron chi connectivity index (χ3n) is 9.89. The van der Waals surface area contributed by atoms with Crippen molar-refractivity contribution >= 4 is 17.2 Å². The average molecular weight is 525 g/mol. The maximum atomic E-state index is 5.48. The van der Waals surface area contributed by atoms with E-state index in [1.54, 1.807) is 0 Å². The topological polar surface area (TPSA) is 32.3 Å². The lowest BCUT2D eigenvalue weighted by Gasteiger charge is -2.48. The highest BCUT2D eigenvalue weighted by molar-refractivity contribution is 5.84. The van der Waals surface area contributed by atoms with Crippen LogP contribution in [-0.4, -0.2) is 23.2 Å². The molecule has 0 bridgehead atoms.